The van der Waals surface area contributed by atoms with Gasteiger partial charge in [-0.3, -0.25) is 19.4 Å². The molecule has 4 rings (SSSR count). The van der Waals surface area contributed by atoms with E-state index in [1.54, 1.807) is 11.3 Å². The van der Waals surface area contributed by atoms with Crippen LogP contribution in [0.3, 0.4) is 0 Å². The van der Waals surface area contributed by atoms with Crippen LogP contribution in [0.4, 0.5) is 0 Å². The molecule has 7 heteroatoms. The minimum absolute atomic E-state index is 0.0247. The second-order valence-corrected chi connectivity index (χ2v) is 8.46. The van der Waals surface area contributed by atoms with Gasteiger partial charge < -0.3 is 5.32 Å². The fourth-order valence-electron chi connectivity index (χ4n) is 3.66. The van der Waals surface area contributed by atoms with Crippen LogP contribution in [0, 0.1) is 6.92 Å². The minimum Gasteiger partial charge on any atom is -0.350 e. The average molecular weight is 410 g/mol. The van der Waals surface area contributed by atoms with Crippen LogP contribution >= 0.6 is 11.3 Å². The number of hydrogen-bond acceptors (Lipinski definition) is 5. The molecule has 0 saturated heterocycles. The van der Waals surface area contributed by atoms with E-state index in [2.05, 4.69) is 39.4 Å². The van der Waals surface area contributed by atoms with Gasteiger partial charge in [-0.1, -0.05) is 13.0 Å². The third-order valence-corrected chi connectivity index (χ3v) is 6.36. The zero-order chi connectivity index (χ0) is 20.2. The number of nitrogens with zero attached hydrogens (tertiary/aromatic N) is 4. The summed E-state index contributed by atoms with van der Waals surface area (Å²) in [6, 6.07) is 6.26. The molecule has 3 aromatic heterocycles. The minimum atomic E-state index is 0.0247. The molecule has 3 aromatic rings. The third-order valence-electron chi connectivity index (χ3n) is 5.35. The van der Waals surface area contributed by atoms with E-state index in [0.717, 1.165) is 49.4 Å². The number of aryl methyl sites for hydroxylation is 2. The van der Waals surface area contributed by atoms with E-state index in [4.69, 9.17) is 0 Å². The monoisotopic (exact) mass is 409 g/mol. The lowest BCUT2D eigenvalue weighted by atomic mass is 10.0. The number of pyridine rings is 1. The number of hydrogen-bond donors (Lipinski definition) is 1. The summed E-state index contributed by atoms with van der Waals surface area (Å²) < 4.78 is 1.86. The molecule has 1 amide bonds. The molecule has 4 heterocycles. The van der Waals surface area contributed by atoms with E-state index < -0.39 is 0 Å². The van der Waals surface area contributed by atoms with E-state index in [0.29, 0.717) is 13.1 Å². The fourth-order valence-corrected chi connectivity index (χ4v) is 4.78. The maximum Gasteiger partial charge on any atom is 0.252 e. The molecule has 0 spiro atoms. The summed E-state index contributed by atoms with van der Waals surface area (Å²) in [5.74, 6) is 0.0247. The predicted octanol–water partition coefficient (Wildman–Crippen LogP) is 3.20. The maximum atomic E-state index is 12.6. The lowest BCUT2D eigenvalue weighted by Gasteiger charge is -2.27. The second kappa shape index (κ2) is 8.88. The van der Waals surface area contributed by atoms with E-state index in [9.17, 15) is 4.79 Å². The van der Waals surface area contributed by atoms with Gasteiger partial charge in [0.05, 0.1) is 23.5 Å². The summed E-state index contributed by atoms with van der Waals surface area (Å²) in [4.78, 5) is 20.9. The Kier molecular flexibility index (Phi) is 6.06. The lowest BCUT2D eigenvalue weighted by molar-refractivity contribution is 0.0950. The Morgan fingerprint density at radius 3 is 2.93 bits per heavy atom. The first-order valence-electron chi connectivity index (χ1n) is 10.2. The molecule has 0 aliphatic carbocycles. The first kappa shape index (κ1) is 19.8. The largest absolute Gasteiger partial charge is 0.350 e. The molecule has 1 N–H and O–H groups in total. The molecular weight excluding hydrogens is 382 g/mol. The summed E-state index contributed by atoms with van der Waals surface area (Å²) in [5.41, 5.74) is 5.42. The number of rotatable bonds is 7. The number of amides is 1. The van der Waals surface area contributed by atoms with Gasteiger partial charge in [0.1, 0.15) is 0 Å². The van der Waals surface area contributed by atoms with Gasteiger partial charge in [0.2, 0.25) is 0 Å². The van der Waals surface area contributed by atoms with Crippen molar-refractivity contribution in [2.45, 2.75) is 46.3 Å². The molecule has 0 atom stereocenters. The number of nitrogens with one attached hydrogen (secondary N) is 1. The molecule has 152 valence electrons. The Hall–Kier alpha value is -2.51. The normalized spacial score (nSPS) is 14.0. The number of thiophene rings is 1. The Balaban J connectivity index is 1.32. The van der Waals surface area contributed by atoms with Crippen molar-refractivity contribution in [1.29, 1.82) is 0 Å². The zero-order valence-corrected chi connectivity index (χ0v) is 17.8. The van der Waals surface area contributed by atoms with Gasteiger partial charge in [0, 0.05) is 48.8 Å². The van der Waals surface area contributed by atoms with Crippen LogP contribution in [-0.2, 0) is 32.5 Å². The first-order valence-corrected chi connectivity index (χ1v) is 11.0. The van der Waals surface area contributed by atoms with E-state index in [1.165, 1.54) is 16.0 Å². The van der Waals surface area contributed by atoms with Crippen LogP contribution < -0.4 is 5.32 Å². The third kappa shape index (κ3) is 4.74. The first-order chi connectivity index (χ1) is 14.1. The van der Waals surface area contributed by atoms with Gasteiger partial charge in [0.15, 0.2) is 0 Å². The van der Waals surface area contributed by atoms with Gasteiger partial charge in [-0.15, -0.1) is 11.3 Å². The van der Waals surface area contributed by atoms with Crippen molar-refractivity contribution >= 4 is 17.2 Å². The van der Waals surface area contributed by atoms with Crippen molar-refractivity contribution in [2.24, 2.45) is 0 Å². The number of carbonyl (C=O) groups is 1. The molecule has 6 nitrogen and oxygen atoms in total. The topological polar surface area (TPSA) is 63.1 Å². The quantitative estimate of drug-likeness (QED) is 0.651. The van der Waals surface area contributed by atoms with Gasteiger partial charge in [0.25, 0.3) is 5.91 Å². The van der Waals surface area contributed by atoms with Crippen LogP contribution in [0.15, 0.2) is 36.0 Å². The average Bonchev–Trinajstić information content (AvgIpc) is 3.34. The summed E-state index contributed by atoms with van der Waals surface area (Å²) in [6.07, 6.45) is 5.84. The summed E-state index contributed by atoms with van der Waals surface area (Å²) in [7, 11) is 0. The summed E-state index contributed by atoms with van der Waals surface area (Å²) in [6.45, 7) is 8.06. The zero-order valence-electron chi connectivity index (χ0n) is 17.0. The molecule has 0 bridgehead atoms. The van der Waals surface area contributed by atoms with Gasteiger partial charge in [-0.25, -0.2) is 0 Å². The highest BCUT2D eigenvalue weighted by Crippen LogP contribution is 2.29. The molecule has 0 radical (unpaired) electrons. The number of fused-ring (bicyclic) bond motifs is 1. The predicted molar refractivity (Wildman–Crippen MR) is 115 cm³/mol. The Bertz CT molecular complexity index is 976. The van der Waals surface area contributed by atoms with Crippen molar-refractivity contribution in [3.8, 4) is 0 Å². The molecule has 0 fully saturated rings. The van der Waals surface area contributed by atoms with E-state index in [1.807, 2.05) is 35.4 Å². The van der Waals surface area contributed by atoms with Crippen LogP contribution in [0.5, 0.6) is 0 Å². The van der Waals surface area contributed by atoms with Crippen LogP contribution in [0.1, 0.15) is 44.7 Å². The smallest absolute Gasteiger partial charge is 0.252 e. The highest BCUT2D eigenvalue weighted by atomic mass is 32.1. The molecule has 1 aliphatic rings. The van der Waals surface area contributed by atoms with Crippen molar-refractivity contribution in [2.75, 3.05) is 13.1 Å². The molecular formula is C22H27N5OS. The lowest BCUT2D eigenvalue weighted by Crippen LogP contribution is -2.32. The Labute approximate surface area is 175 Å². The highest BCUT2D eigenvalue weighted by molar-refractivity contribution is 7.10. The van der Waals surface area contributed by atoms with Crippen LogP contribution in [0.25, 0.3) is 0 Å². The van der Waals surface area contributed by atoms with Crippen LogP contribution in [-0.4, -0.2) is 38.7 Å². The molecule has 29 heavy (non-hydrogen) atoms. The SMILES string of the molecule is CCc1ccc(CN2CCc3c(C(=O)NCCn4ccc(C)n4)csc3C2)nc1. The number of carbonyl (C=O) groups excluding carboxylic acids is 1. The summed E-state index contributed by atoms with van der Waals surface area (Å²) in [5, 5.41) is 9.40. The fraction of sp³-hybridized carbons (Fsp3) is 0.409. The number of aromatic nitrogens is 3. The molecule has 1 aliphatic heterocycles. The summed E-state index contributed by atoms with van der Waals surface area (Å²) >= 11 is 1.69. The van der Waals surface area contributed by atoms with Crippen LogP contribution in [0.2, 0.25) is 0 Å². The molecule has 0 saturated carbocycles. The van der Waals surface area contributed by atoms with Gasteiger partial charge in [-0.05, 0) is 43.0 Å². The molecule has 0 aromatic carbocycles. The van der Waals surface area contributed by atoms with Gasteiger partial charge in [-0.2, -0.15) is 5.10 Å². The maximum absolute atomic E-state index is 12.6. The van der Waals surface area contributed by atoms with E-state index in [-0.39, 0.29) is 5.91 Å². The molecule has 0 unspecified atom stereocenters. The van der Waals surface area contributed by atoms with Crippen molar-refractivity contribution in [3.63, 3.8) is 0 Å². The Morgan fingerprint density at radius 1 is 1.31 bits per heavy atom. The van der Waals surface area contributed by atoms with Crippen molar-refractivity contribution < 1.29 is 4.79 Å². The standard InChI is InChI=1S/C22H27N5OS/c1-3-17-4-5-18(24-12-17)13-26-9-7-19-20(15-29-21(19)14-26)22(28)23-8-11-27-10-6-16(2)25-27/h4-6,10,12,15H,3,7-9,11,13-14H2,1-2H3,(H,23,28). The highest BCUT2D eigenvalue weighted by Gasteiger charge is 2.24. The van der Waals surface area contributed by atoms with Crippen molar-refractivity contribution in [1.82, 2.24) is 25.0 Å². The Morgan fingerprint density at radius 2 is 2.21 bits per heavy atom. The van der Waals surface area contributed by atoms with E-state index >= 15 is 0 Å². The second-order valence-electron chi connectivity index (χ2n) is 7.50. The van der Waals surface area contributed by atoms with Gasteiger partial charge >= 0.3 is 0 Å². The van der Waals surface area contributed by atoms with Crippen molar-refractivity contribution in [3.05, 3.63) is 68.9 Å².